The molecule has 0 aliphatic heterocycles. The summed E-state index contributed by atoms with van der Waals surface area (Å²) in [4.78, 5) is 13.1. The first kappa shape index (κ1) is 25.0. The molecule has 3 rings (SSSR count). The molecule has 0 radical (unpaired) electrons. The van der Waals surface area contributed by atoms with Gasteiger partial charge in [-0.3, -0.25) is 4.79 Å². The van der Waals surface area contributed by atoms with Crippen LogP contribution in [0, 0.1) is 13.8 Å². The molecule has 1 amide bonds. The highest BCUT2D eigenvalue weighted by atomic mass is 35.5. The topological polar surface area (TPSA) is 66.5 Å². The highest BCUT2D eigenvalue weighted by Crippen LogP contribution is 2.22. The van der Waals surface area contributed by atoms with Gasteiger partial charge in [-0.2, -0.15) is 4.31 Å². The van der Waals surface area contributed by atoms with Gasteiger partial charge in [0, 0.05) is 11.6 Å². The molecule has 0 unspecified atom stereocenters. The van der Waals surface area contributed by atoms with Gasteiger partial charge in [0.25, 0.3) is 0 Å². The zero-order valence-electron chi connectivity index (χ0n) is 19.1. The summed E-state index contributed by atoms with van der Waals surface area (Å²) in [7, 11) is -3.87. The van der Waals surface area contributed by atoms with Crippen LogP contribution in [-0.4, -0.2) is 31.7 Å². The fourth-order valence-electron chi connectivity index (χ4n) is 3.59. The predicted octanol–water partition coefficient (Wildman–Crippen LogP) is 5.07. The zero-order valence-corrected chi connectivity index (χ0v) is 20.7. The van der Waals surface area contributed by atoms with Gasteiger partial charge in [0.1, 0.15) is 0 Å². The first-order valence-electron chi connectivity index (χ1n) is 10.8. The van der Waals surface area contributed by atoms with Crippen molar-refractivity contribution in [3.63, 3.8) is 0 Å². The van der Waals surface area contributed by atoms with E-state index in [1.807, 2.05) is 62.4 Å². The average molecular weight is 485 g/mol. The molecule has 3 aromatic rings. The van der Waals surface area contributed by atoms with E-state index in [1.165, 1.54) is 4.31 Å². The first-order valence-corrected chi connectivity index (χ1v) is 12.6. The number of nitrogens with zero attached hydrogens (tertiary/aromatic N) is 1. The SMILES string of the molecule is Cc1ccc(C)c(S(=O)(=O)N(CCc2ccccc2)CC(=O)N[C@H](C)c2ccc(Cl)cc2)c1. The minimum atomic E-state index is -3.87. The van der Waals surface area contributed by atoms with Crippen LogP contribution in [0.25, 0.3) is 0 Å². The third-order valence-corrected chi connectivity index (χ3v) is 7.76. The molecular formula is C26H29ClN2O3S. The Morgan fingerprint density at radius 3 is 2.33 bits per heavy atom. The molecule has 7 heteroatoms. The molecule has 0 fully saturated rings. The highest BCUT2D eigenvalue weighted by molar-refractivity contribution is 7.89. The lowest BCUT2D eigenvalue weighted by molar-refractivity contribution is -0.121. The fourth-order valence-corrected chi connectivity index (χ4v) is 5.42. The number of hydrogen-bond acceptors (Lipinski definition) is 3. The Balaban J connectivity index is 1.82. The molecule has 174 valence electrons. The van der Waals surface area contributed by atoms with Gasteiger partial charge >= 0.3 is 0 Å². The standard InChI is InChI=1S/C26H29ClN2O3S/c1-19-9-10-20(2)25(17-19)33(31,32)29(16-15-22-7-5-4-6-8-22)18-26(30)28-21(3)23-11-13-24(27)14-12-23/h4-14,17,21H,15-16,18H2,1-3H3,(H,28,30)/t21-/m1/s1. The van der Waals surface area contributed by atoms with E-state index in [2.05, 4.69) is 5.32 Å². The maximum atomic E-state index is 13.6. The monoisotopic (exact) mass is 484 g/mol. The third-order valence-electron chi connectivity index (χ3n) is 5.52. The Morgan fingerprint density at radius 1 is 1.00 bits per heavy atom. The van der Waals surface area contributed by atoms with Crippen LogP contribution in [0.2, 0.25) is 5.02 Å². The van der Waals surface area contributed by atoms with Gasteiger partial charge in [-0.15, -0.1) is 0 Å². The van der Waals surface area contributed by atoms with Crippen LogP contribution in [0.3, 0.4) is 0 Å². The van der Waals surface area contributed by atoms with Gasteiger partial charge in [-0.1, -0.05) is 66.2 Å². The summed E-state index contributed by atoms with van der Waals surface area (Å²) in [5, 5.41) is 3.52. The van der Waals surface area contributed by atoms with Crippen molar-refractivity contribution in [1.29, 1.82) is 0 Å². The number of carbonyl (C=O) groups excluding carboxylic acids is 1. The molecule has 33 heavy (non-hydrogen) atoms. The highest BCUT2D eigenvalue weighted by Gasteiger charge is 2.28. The van der Waals surface area contributed by atoms with Crippen molar-refractivity contribution in [2.45, 2.75) is 38.1 Å². The van der Waals surface area contributed by atoms with Crippen molar-refractivity contribution in [3.8, 4) is 0 Å². The number of hydrogen-bond donors (Lipinski definition) is 1. The van der Waals surface area contributed by atoms with E-state index in [4.69, 9.17) is 11.6 Å². The predicted molar refractivity (Wildman–Crippen MR) is 133 cm³/mol. The number of halogens is 1. The third kappa shape index (κ3) is 6.67. The van der Waals surface area contributed by atoms with Crippen LogP contribution in [0.15, 0.2) is 77.7 Å². The fraction of sp³-hybridized carbons (Fsp3) is 0.269. The largest absolute Gasteiger partial charge is 0.348 e. The molecule has 0 bridgehead atoms. The van der Waals surface area contributed by atoms with Crippen LogP contribution in [-0.2, 0) is 21.2 Å². The zero-order chi connectivity index (χ0) is 24.0. The lowest BCUT2D eigenvalue weighted by Gasteiger charge is -2.24. The van der Waals surface area contributed by atoms with E-state index in [0.29, 0.717) is 17.0 Å². The molecule has 3 aromatic carbocycles. The lowest BCUT2D eigenvalue weighted by atomic mass is 10.1. The van der Waals surface area contributed by atoms with Crippen LogP contribution >= 0.6 is 11.6 Å². The van der Waals surface area contributed by atoms with Crippen molar-refractivity contribution in [2.75, 3.05) is 13.1 Å². The summed E-state index contributed by atoms with van der Waals surface area (Å²) in [6.07, 6.45) is 0.505. The van der Waals surface area contributed by atoms with E-state index in [9.17, 15) is 13.2 Å². The first-order chi connectivity index (χ1) is 15.7. The average Bonchev–Trinajstić information content (AvgIpc) is 2.79. The molecule has 5 nitrogen and oxygen atoms in total. The number of aryl methyl sites for hydroxylation is 2. The number of benzene rings is 3. The molecule has 0 aliphatic rings. The number of sulfonamides is 1. The minimum absolute atomic E-state index is 0.197. The Kier molecular flexibility index (Phi) is 8.30. The van der Waals surface area contributed by atoms with Gasteiger partial charge in [0.05, 0.1) is 17.5 Å². The second kappa shape index (κ2) is 11.0. The van der Waals surface area contributed by atoms with Gasteiger partial charge in [0.2, 0.25) is 15.9 Å². The molecular weight excluding hydrogens is 456 g/mol. The van der Waals surface area contributed by atoms with E-state index >= 15 is 0 Å². The van der Waals surface area contributed by atoms with Crippen molar-refractivity contribution in [2.24, 2.45) is 0 Å². The Bertz CT molecular complexity index is 1200. The van der Waals surface area contributed by atoms with Crippen LogP contribution < -0.4 is 5.32 Å². The maximum absolute atomic E-state index is 13.6. The quantitative estimate of drug-likeness (QED) is 0.461. The Morgan fingerprint density at radius 2 is 1.67 bits per heavy atom. The summed E-state index contributed by atoms with van der Waals surface area (Å²) in [5.41, 5.74) is 3.40. The lowest BCUT2D eigenvalue weighted by Crippen LogP contribution is -2.42. The number of rotatable bonds is 9. The molecule has 0 saturated heterocycles. The molecule has 0 aromatic heterocycles. The Hall–Kier alpha value is -2.67. The van der Waals surface area contributed by atoms with Gasteiger partial charge in [-0.05, 0) is 67.6 Å². The van der Waals surface area contributed by atoms with Crippen molar-refractivity contribution in [3.05, 3.63) is 100 Å². The van der Waals surface area contributed by atoms with Gasteiger partial charge < -0.3 is 5.32 Å². The normalized spacial score (nSPS) is 12.5. The molecule has 0 aliphatic carbocycles. The van der Waals surface area contributed by atoms with Crippen LogP contribution in [0.4, 0.5) is 0 Å². The van der Waals surface area contributed by atoms with E-state index in [1.54, 1.807) is 31.2 Å². The summed E-state index contributed by atoms with van der Waals surface area (Å²) in [6, 6.07) is 21.9. The van der Waals surface area contributed by atoms with Crippen LogP contribution in [0.1, 0.15) is 35.2 Å². The molecule has 1 N–H and O–H groups in total. The van der Waals surface area contributed by atoms with Crippen LogP contribution in [0.5, 0.6) is 0 Å². The van der Waals surface area contributed by atoms with Crippen molar-refractivity contribution < 1.29 is 13.2 Å². The summed E-state index contributed by atoms with van der Waals surface area (Å²) >= 11 is 5.95. The summed E-state index contributed by atoms with van der Waals surface area (Å²) in [6.45, 7) is 5.41. The van der Waals surface area contributed by atoms with Crippen molar-refractivity contribution >= 4 is 27.5 Å². The maximum Gasteiger partial charge on any atom is 0.243 e. The molecule has 0 spiro atoms. The molecule has 0 saturated carbocycles. The number of amides is 1. The summed E-state index contributed by atoms with van der Waals surface area (Å²) < 4.78 is 28.4. The van der Waals surface area contributed by atoms with E-state index in [0.717, 1.165) is 16.7 Å². The Labute approximate surface area is 201 Å². The number of carbonyl (C=O) groups is 1. The second-order valence-corrected chi connectivity index (χ2v) is 10.5. The molecule has 1 atom stereocenters. The molecule has 0 heterocycles. The van der Waals surface area contributed by atoms with Crippen molar-refractivity contribution in [1.82, 2.24) is 9.62 Å². The summed E-state index contributed by atoms with van der Waals surface area (Å²) in [5.74, 6) is -0.362. The smallest absolute Gasteiger partial charge is 0.243 e. The second-order valence-electron chi connectivity index (χ2n) is 8.18. The van der Waals surface area contributed by atoms with E-state index < -0.39 is 10.0 Å². The van der Waals surface area contributed by atoms with Gasteiger partial charge in [-0.25, -0.2) is 8.42 Å². The van der Waals surface area contributed by atoms with E-state index in [-0.39, 0.29) is 29.9 Å². The van der Waals surface area contributed by atoms with Gasteiger partial charge in [0.15, 0.2) is 0 Å². The number of nitrogens with one attached hydrogen (secondary N) is 1. The minimum Gasteiger partial charge on any atom is -0.348 e.